The Morgan fingerprint density at radius 2 is 2.00 bits per heavy atom. The molecule has 1 heterocycles. The predicted octanol–water partition coefficient (Wildman–Crippen LogP) is 3.14. The number of alkyl halides is 1. The Balaban J connectivity index is 2.70. The summed E-state index contributed by atoms with van der Waals surface area (Å²) >= 11 is 3.70. The van der Waals surface area contributed by atoms with Crippen molar-refractivity contribution in [1.82, 2.24) is 9.97 Å². The van der Waals surface area contributed by atoms with Crippen LogP contribution in [-0.4, -0.2) is 14.8 Å². The summed E-state index contributed by atoms with van der Waals surface area (Å²) in [6.07, 6.45) is 2.58. The molecule has 1 rings (SSSR count). The van der Waals surface area contributed by atoms with Crippen molar-refractivity contribution in [2.75, 3.05) is 0 Å². The Hall–Kier alpha value is -0.440. The van der Waals surface area contributed by atoms with Gasteiger partial charge in [-0.3, -0.25) is 0 Å². The summed E-state index contributed by atoms with van der Waals surface area (Å²) in [6.45, 7) is 8.66. The van der Waals surface area contributed by atoms with Crippen LogP contribution in [0.1, 0.15) is 32.2 Å². The van der Waals surface area contributed by atoms with Crippen molar-refractivity contribution in [2.24, 2.45) is 5.41 Å². The first kappa shape index (κ1) is 11.6. The highest BCUT2D eigenvalue weighted by molar-refractivity contribution is 9.09. The van der Waals surface area contributed by atoms with Crippen LogP contribution in [0.3, 0.4) is 0 Å². The van der Waals surface area contributed by atoms with E-state index in [2.05, 4.69) is 46.7 Å². The summed E-state index contributed by atoms with van der Waals surface area (Å²) < 4.78 is 0. The molecule has 0 fully saturated rings. The number of nitrogens with zero attached hydrogens (tertiary/aromatic N) is 2. The molecule has 0 aliphatic rings. The minimum Gasteiger partial charge on any atom is -0.242 e. The molecule has 14 heavy (non-hydrogen) atoms. The van der Waals surface area contributed by atoms with Gasteiger partial charge in [0.05, 0.1) is 0 Å². The predicted molar refractivity (Wildman–Crippen MR) is 62.6 cm³/mol. The number of aromatic nitrogens is 2. The topological polar surface area (TPSA) is 25.8 Å². The lowest BCUT2D eigenvalue weighted by Gasteiger charge is -2.25. The molecule has 0 radical (unpaired) electrons. The van der Waals surface area contributed by atoms with Crippen LogP contribution in [0, 0.1) is 12.3 Å². The smallest absolute Gasteiger partial charge is 0.115 e. The fraction of sp³-hybridized carbons (Fsp3) is 0.636. The van der Waals surface area contributed by atoms with Gasteiger partial charge in [-0.05, 0) is 18.4 Å². The molecule has 0 spiro atoms. The van der Waals surface area contributed by atoms with E-state index < -0.39 is 0 Å². The molecule has 0 amide bonds. The third kappa shape index (κ3) is 3.37. The van der Waals surface area contributed by atoms with Crippen LogP contribution in [0.15, 0.2) is 12.4 Å². The molecule has 0 aliphatic heterocycles. The molecule has 2 nitrogen and oxygen atoms in total. The molecule has 78 valence electrons. The van der Waals surface area contributed by atoms with Crippen LogP contribution < -0.4 is 0 Å². The van der Waals surface area contributed by atoms with E-state index in [1.165, 1.54) is 0 Å². The van der Waals surface area contributed by atoms with Gasteiger partial charge in [-0.25, -0.2) is 9.97 Å². The van der Waals surface area contributed by atoms with E-state index in [1.54, 1.807) is 6.33 Å². The largest absolute Gasteiger partial charge is 0.242 e. The van der Waals surface area contributed by atoms with Gasteiger partial charge in [-0.1, -0.05) is 36.7 Å². The van der Waals surface area contributed by atoms with Gasteiger partial charge in [0, 0.05) is 22.6 Å². The third-order valence-electron chi connectivity index (χ3n) is 2.19. The molecule has 1 aromatic heterocycles. The molecule has 0 aromatic carbocycles. The first-order valence-corrected chi connectivity index (χ1v) is 5.73. The van der Waals surface area contributed by atoms with E-state index in [1.807, 2.05) is 13.0 Å². The number of halogens is 1. The average molecular weight is 257 g/mol. The number of hydrogen-bond donors (Lipinski definition) is 0. The van der Waals surface area contributed by atoms with Crippen LogP contribution >= 0.6 is 15.9 Å². The van der Waals surface area contributed by atoms with Gasteiger partial charge in [0.1, 0.15) is 6.33 Å². The summed E-state index contributed by atoms with van der Waals surface area (Å²) in [4.78, 5) is 8.78. The van der Waals surface area contributed by atoms with E-state index in [4.69, 9.17) is 0 Å². The molecule has 1 aromatic rings. The molecule has 1 atom stereocenters. The minimum absolute atomic E-state index is 0.263. The van der Waals surface area contributed by atoms with Gasteiger partial charge in [0.2, 0.25) is 0 Å². The molecule has 0 aliphatic carbocycles. The maximum Gasteiger partial charge on any atom is 0.115 e. The van der Waals surface area contributed by atoms with Gasteiger partial charge in [-0.2, -0.15) is 0 Å². The number of rotatable bonds is 2. The van der Waals surface area contributed by atoms with Crippen molar-refractivity contribution in [3.63, 3.8) is 0 Å². The second-order valence-corrected chi connectivity index (χ2v) is 5.79. The second-order valence-electron chi connectivity index (χ2n) is 4.69. The Morgan fingerprint density at radius 3 is 2.50 bits per heavy atom. The van der Waals surface area contributed by atoms with Crippen molar-refractivity contribution in [1.29, 1.82) is 0 Å². The van der Waals surface area contributed by atoms with Crippen LogP contribution in [0.2, 0.25) is 0 Å². The number of hydrogen-bond acceptors (Lipinski definition) is 2. The fourth-order valence-electron chi connectivity index (χ4n) is 1.11. The molecule has 0 N–H and O–H groups in total. The first-order valence-electron chi connectivity index (χ1n) is 4.81. The summed E-state index contributed by atoms with van der Waals surface area (Å²) in [5.74, 6) is 0. The lowest BCUT2D eigenvalue weighted by molar-refractivity contribution is 0.396. The van der Waals surface area contributed by atoms with Crippen LogP contribution in [0.4, 0.5) is 0 Å². The van der Waals surface area contributed by atoms with Crippen molar-refractivity contribution >= 4 is 15.9 Å². The Bertz CT molecular complexity index is 304. The van der Waals surface area contributed by atoms with Gasteiger partial charge in [0.15, 0.2) is 0 Å². The molecule has 0 saturated heterocycles. The minimum atomic E-state index is 0.263. The van der Waals surface area contributed by atoms with E-state index >= 15 is 0 Å². The second kappa shape index (κ2) is 4.39. The molecule has 3 heteroatoms. The highest BCUT2D eigenvalue weighted by atomic mass is 79.9. The Morgan fingerprint density at radius 1 is 1.36 bits per heavy atom. The van der Waals surface area contributed by atoms with E-state index in [-0.39, 0.29) is 5.41 Å². The SMILES string of the molecule is Cc1cc(CC(Br)C(C)(C)C)ncn1. The molecular formula is C11H17BrN2. The Labute approximate surface area is 94.3 Å². The van der Waals surface area contributed by atoms with E-state index in [0.717, 1.165) is 17.8 Å². The standard InChI is InChI=1S/C11H17BrN2/c1-8-5-9(14-7-13-8)6-10(12)11(2,3)4/h5,7,10H,6H2,1-4H3. The summed E-state index contributed by atoms with van der Waals surface area (Å²) in [5, 5.41) is 0. The van der Waals surface area contributed by atoms with Crippen molar-refractivity contribution in [2.45, 2.75) is 38.9 Å². The van der Waals surface area contributed by atoms with Crippen molar-refractivity contribution in [3.05, 3.63) is 23.8 Å². The number of aryl methyl sites for hydroxylation is 1. The maximum absolute atomic E-state index is 4.25. The van der Waals surface area contributed by atoms with Gasteiger partial charge in [-0.15, -0.1) is 0 Å². The zero-order valence-electron chi connectivity index (χ0n) is 9.21. The van der Waals surface area contributed by atoms with Crippen molar-refractivity contribution in [3.8, 4) is 0 Å². The van der Waals surface area contributed by atoms with Gasteiger partial charge >= 0.3 is 0 Å². The molecule has 1 unspecified atom stereocenters. The van der Waals surface area contributed by atoms with E-state index in [0.29, 0.717) is 4.83 Å². The molecule has 0 bridgehead atoms. The monoisotopic (exact) mass is 256 g/mol. The van der Waals surface area contributed by atoms with Crippen LogP contribution in [0.25, 0.3) is 0 Å². The van der Waals surface area contributed by atoms with Crippen molar-refractivity contribution < 1.29 is 0 Å². The van der Waals surface area contributed by atoms with Crippen LogP contribution in [0.5, 0.6) is 0 Å². The zero-order valence-corrected chi connectivity index (χ0v) is 10.8. The zero-order chi connectivity index (χ0) is 10.8. The van der Waals surface area contributed by atoms with E-state index in [9.17, 15) is 0 Å². The van der Waals surface area contributed by atoms with Gasteiger partial charge < -0.3 is 0 Å². The summed E-state index contributed by atoms with van der Waals surface area (Å²) in [7, 11) is 0. The van der Waals surface area contributed by atoms with Gasteiger partial charge in [0.25, 0.3) is 0 Å². The third-order valence-corrected chi connectivity index (χ3v) is 3.89. The lowest BCUT2D eigenvalue weighted by Crippen LogP contribution is -2.22. The normalized spacial score (nSPS) is 14.1. The fourth-order valence-corrected chi connectivity index (χ4v) is 1.44. The Kier molecular flexibility index (Phi) is 3.65. The average Bonchev–Trinajstić information content (AvgIpc) is 2.02. The highest BCUT2D eigenvalue weighted by Gasteiger charge is 2.22. The summed E-state index contributed by atoms with van der Waals surface area (Å²) in [5.41, 5.74) is 2.40. The lowest BCUT2D eigenvalue weighted by atomic mass is 9.89. The maximum atomic E-state index is 4.25. The highest BCUT2D eigenvalue weighted by Crippen LogP contribution is 2.28. The quantitative estimate of drug-likeness (QED) is 0.760. The first-order chi connectivity index (χ1) is 6.39. The summed E-state index contributed by atoms with van der Waals surface area (Å²) in [6, 6.07) is 2.04. The molecular weight excluding hydrogens is 240 g/mol. The van der Waals surface area contributed by atoms with Crippen LogP contribution in [-0.2, 0) is 6.42 Å². The molecule has 0 saturated carbocycles.